The fourth-order valence-electron chi connectivity index (χ4n) is 4.36. The van der Waals surface area contributed by atoms with E-state index in [0.29, 0.717) is 38.3 Å². The molecule has 0 bridgehead atoms. The third kappa shape index (κ3) is 5.00. The van der Waals surface area contributed by atoms with E-state index in [-0.39, 0.29) is 17.9 Å². The number of thiazole rings is 1. The molecule has 1 aliphatic rings. The maximum atomic E-state index is 13.8. The van der Waals surface area contributed by atoms with Crippen LogP contribution in [-0.2, 0) is 9.53 Å². The van der Waals surface area contributed by atoms with Crippen LogP contribution in [0.5, 0.6) is 0 Å². The normalized spacial score (nSPS) is 15.3. The molecule has 0 amide bonds. The Morgan fingerprint density at radius 2 is 2.10 bits per heavy atom. The maximum absolute atomic E-state index is 13.8. The summed E-state index contributed by atoms with van der Waals surface area (Å²) in [6, 6.07) is 9.76. The second kappa shape index (κ2) is 10.9. The van der Waals surface area contributed by atoms with Crippen molar-refractivity contribution in [3.8, 4) is 11.3 Å². The number of fused-ring (bicyclic) bond motifs is 1. The van der Waals surface area contributed by atoms with Gasteiger partial charge in [0.05, 0.1) is 27.3 Å². The summed E-state index contributed by atoms with van der Waals surface area (Å²) in [7, 11) is 0. The summed E-state index contributed by atoms with van der Waals surface area (Å²) in [6.07, 6.45) is 2.86. The van der Waals surface area contributed by atoms with Crippen molar-refractivity contribution in [1.82, 2.24) is 4.57 Å². The molecule has 0 aliphatic carbocycles. The monoisotopic (exact) mass is 567 g/mol. The number of hydrogen-bond acceptors (Lipinski definition) is 9. The van der Waals surface area contributed by atoms with Crippen LogP contribution in [0.1, 0.15) is 43.4 Å². The van der Waals surface area contributed by atoms with Crippen molar-refractivity contribution in [1.29, 1.82) is 0 Å². The van der Waals surface area contributed by atoms with E-state index in [9.17, 15) is 24.1 Å². The summed E-state index contributed by atoms with van der Waals surface area (Å²) < 4.78 is 26.8. The van der Waals surface area contributed by atoms with Gasteiger partial charge in [-0.1, -0.05) is 30.7 Å². The number of nitro groups is 1. The van der Waals surface area contributed by atoms with Crippen LogP contribution >= 0.6 is 22.7 Å². The quantitative estimate of drug-likeness (QED) is 0.169. The SMILES string of the molecule is CCCC1=C(C(=O)OCC)[C@@H](c2cccs2)n2c(s/c(=C\c3ccc(-c4ccc(F)c([N+](=O)[O-])c4)o3)c2=O)=N1. The highest BCUT2D eigenvalue weighted by Gasteiger charge is 2.34. The number of esters is 1. The molecule has 0 radical (unpaired) electrons. The van der Waals surface area contributed by atoms with Gasteiger partial charge in [0.15, 0.2) is 4.80 Å². The molecule has 12 heteroatoms. The first kappa shape index (κ1) is 26.4. The van der Waals surface area contributed by atoms with E-state index >= 15 is 0 Å². The Balaban J connectivity index is 1.62. The number of nitro benzene ring substituents is 1. The summed E-state index contributed by atoms with van der Waals surface area (Å²) >= 11 is 2.61. The maximum Gasteiger partial charge on any atom is 0.338 e. The molecular weight excluding hydrogens is 545 g/mol. The Bertz CT molecular complexity index is 1780. The number of allylic oxidation sites excluding steroid dienone is 1. The second-order valence-corrected chi connectivity index (χ2v) is 10.5. The highest BCUT2D eigenvalue weighted by molar-refractivity contribution is 7.10. The van der Waals surface area contributed by atoms with E-state index in [1.54, 1.807) is 25.1 Å². The minimum atomic E-state index is -0.943. The first-order chi connectivity index (χ1) is 18.8. The molecule has 39 heavy (non-hydrogen) atoms. The van der Waals surface area contributed by atoms with E-state index in [1.165, 1.54) is 33.3 Å². The minimum Gasteiger partial charge on any atom is -0.463 e. The Labute approximate surface area is 229 Å². The van der Waals surface area contributed by atoms with E-state index in [2.05, 4.69) is 0 Å². The smallest absolute Gasteiger partial charge is 0.338 e. The molecule has 1 atom stereocenters. The molecule has 200 valence electrons. The van der Waals surface area contributed by atoms with Gasteiger partial charge < -0.3 is 9.15 Å². The van der Waals surface area contributed by atoms with Crippen LogP contribution in [0.15, 0.2) is 73.3 Å². The second-order valence-electron chi connectivity index (χ2n) is 8.55. The zero-order valence-corrected chi connectivity index (χ0v) is 22.5. The van der Waals surface area contributed by atoms with Gasteiger partial charge in [0.1, 0.15) is 17.6 Å². The van der Waals surface area contributed by atoms with Gasteiger partial charge in [0, 0.05) is 22.6 Å². The first-order valence-corrected chi connectivity index (χ1v) is 13.8. The number of carbonyl (C=O) groups excluding carboxylic acids is 1. The lowest BCUT2D eigenvalue weighted by Crippen LogP contribution is -2.39. The molecule has 1 aromatic carbocycles. The van der Waals surface area contributed by atoms with Crippen LogP contribution in [0, 0.1) is 15.9 Å². The molecule has 0 fully saturated rings. The van der Waals surface area contributed by atoms with Gasteiger partial charge >= 0.3 is 11.7 Å². The summed E-state index contributed by atoms with van der Waals surface area (Å²) in [5.74, 6) is -0.834. The molecule has 0 N–H and O–H groups in total. The third-order valence-electron chi connectivity index (χ3n) is 6.03. The molecular formula is C27H22FN3O6S2. The molecule has 3 aromatic heterocycles. The van der Waals surface area contributed by atoms with Gasteiger partial charge in [-0.25, -0.2) is 9.79 Å². The van der Waals surface area contributed by atoms with Gasteiger partial charge in [0.2, 0.25) is 5.82 Å². The summed E-state index contributed by atoms with van der Waals surface area (Å²) in [4.78, 5) is 43.1. The van der Waals surface area contributed by atoms with Gasteiger partial charge in [0.25, 0.3) is 5.56 Å². The lowest BCUT2D eigenvalue weighted by Gasteiger charge is -2.24. The largest absolute Gasteiger partial charge is 0.463 e. The molecule has 0 saturated carbocycles. The van der Waals surface area contributed by atoms with E-state index in [4.69, 9.17) is 14.1 Å². The predicted octanol–water partition coefficient (Wildman–Crippen LogP) is 4.95. The van der Waals surface area contributed by atoms with Crippen LogP contribution in [0.25, 0.3) is 17.4 Å². The highest BCUT2D eigenvalue weighted by atomic mass is 32.1. The zero-order chi connectivity index (χ0) is 27.7. The average Bonchev–Trinajstić information content (AvgIpc) is 3.66. The molecule has 0 spiro atoms. The zero-order valence-electron chi connectivity index (χ0n) is 20.9. The van der Waals surface area contributed by atoms with Crippen molar-refractivity contribution in [2.75, 3.05) is 6.61 Å². The molecule has 1 aliphatic heterocycles. The average molecular weight is 568 g/mol. The number of nitrogens with zero attached hydrogens (tertiary/aromatic N) is 3. The number of aromatic nitrogens is 1. The van der Waals surface area contributed by atoms with Crippen molar-refractivity contribution in [2.45, 2.75) is 32.7 Å². The van der Waals surface area contributed by atoms with Gasteiger partial charge in [-0.3, -0.25) is 19.5 Å². The van der Waals surface area contributed by atoms with Crippen LogP contribution in [0.3, 0.4) is 0 Å². The van der Waals surface area contributed by atoms with Crippen LogP contribution < -0.4 is 14.9 Å². The Hall–Kier alpha value is -4.16. The molecule has 4 aromatic rings. The van der Waals surface area contributed by atoms with Gasteiger partial charge in [-0.15, -0.1) is 11.3 Å². The van der Waals surface area contributed by atoms with Crippen molar-refractivity contribution in [2.24, 2.45) is 4.99 Å². The Morgan fingerprint density at radius 3 is 2.79 bits per heavy atom. The fourth-order valence-corrected chi connectivity index (χ4v) is 6.18. The topological polar surface area (TPSA) is 117 Å². The predicted molar refractivity (Wildman–Crippen MR) is 145 cm³/mol. The highest BCUT2D eigenvalue weighted by Crippen LogP contribution is 2.34. The summed E-state index contributed by atoms with van der Waals surface area (Å²) in [5, 5.41) is 13.0. The van der Waals surface area contributed by atoms with Crippen molar-refractivity contribution >= 4 is 40.4 Å². The summed E-state index contributed by atoms with van der Waals surface area (Å²) in [5.41, 5.74) is 0.279. The number of ether oxygens (including phenoxy) is 1. The molecule has 0 saturated heterocycles. The van der Waals surface area contributed by atoms with Crippen LogP contribution in [0.2, 0.25) is 0 Å². The first-order valence-electron chi connectivity index (χ1n) is 12.1. The number of rotatable bonds is 8. The van der Waals surface area contributed by atoms with Crippen LogP contribution in [-0.4, -0.2) is 22.1 Å². The minimum absolute atomic E-state index is 0.196. The number of benzene rings is 1. The lowest BCUT2D eigenvalue weighted by atomic mass is 9.99. The van der Waals surface area contributed by atoms with Crippen molar-refractivity contribution in [3.63, 3.8) is 0 Å². The Kier molecular flexibility index (Phi) is 7.40. The number of halogens is 1. The van der Waals surface area contributed by atoms with Gasteiger partial charge in [-0.2, -0.15) is 4.39 Å². The third-order valence-corrected chi connectivity index (χ3v) is 7.94. The van der Waals surface area contributed by atoms with E-state index in [0.717, 1.165) is 23.4 Å². The van der Waals surface area contributed by atoms with Crippen molar-refractivity contribution in [3.05, 3.63) is 105 Å². The van der Waals surface area contributed by atoms with Crippen molar-refractivity contribution < 1.29 is 23.3 Å². The summed E-state index contributed by atoms with van der Waals surface area (Å²) in [6.45, 7) is 3.92. The lowest BCUT2D eigenvalue weighted by molar-refractivity contribution is -0.387. The van der Waals surface area contributed by atoms with Gasteiger partial charge in [-0.05, 0) is 49.1 Å². The number of carbonyl (C=O) groups is 1. The number of hydrogen-bond donors (Lipinski definition) is 0. The number of furan rings is 1. The molecule has 0 unspecified atom stereocenters. The molecule has 9 nitrogen and oxygen atoms in total. The van der Waals surface area contributed by atoms with E-state index < -0.39 is 28.4 Å². The fraction of sp³-hybridized carbons (Fsp3) is 0.222. The van der Waals surface area contributed by atoms with E-state index in [1.807, 2.05) is 24.4 Å². The molecule has 5 rings (SSSR count). The van der Waals surface area contributed by atoms with Crippen LogP contribution in [0.4, 0.5) is 10.1 Å². The Morgan fingerprint density at radius 1 is 1.28 bits per heavy atom. The number of thiophene rings is 1. The standard InChI is InChI=1S/C27H22FN3O6S2/c1-3-6-18-23(26(33)36-4-2)24(21-7-5-12-38-21)30-25(32)22(39-27(30)29-18)14-16-9-11-20(37-16)15-8-10-17(28)19(13-15)31(34)35/h5,7-14,24H,3-4,6H2,1-2H3/b22-14-/t24-/m1/s1. The molecule has 4 heterocycles.